The summed E-state index contributed by atoms with van der Waals surface area (Å²) in [6, 6.07) is 5.53. The number of carbonyl (C=O) groups is 2. The zero-order chi connectivity index (χ0) is 13.1. The molecule has 1 aliphatic heterocycles. The number of anilines is 2. The summed E-state index contributed by atoms with van der Waals surface area (Å²) in [4.78, 5) is 22.4. The summed E-state index contributed by atoms with van der Waals surface area (Å²) < 4.78 is 0. The van der Waals surface area contributed by atoms with Crippen LogP contribution in [0.2, 0.25) is 0 Å². The van der Waals surface area contributed by atoms with Crippen molar-refractivity contribution in [2.24, 2.45) is 0 Å². The first-order valence-electron chi connectivity index (χ1n) is 6.00. The average Bonchev–Trinajstić information content (AvgIpc) is 2.34. The Labute approximate surface area is 106 Å². The van der Waals surface area contributed by atoms with Gasteiger partial charge < -0.3 is 16.4 Å². The molecule has 2 rings (SSSR count). The molecule has 0 bridgehead atoms. The number of hydrogen-bond donors (Lipinski definition) is 3. The van der Waals surface area contributed by atoms with Gasteiger partial charge in [0.15, 0.2) is 5.78 Å². The highest BCUT2D eigenvalue weighted by Crippen LogP contribution is 2.20. The normalized spacial score (nSPS) is 19.2. The molecule has 18 heavy (non-hydrogen) atoms. The minimum absolute atomic E-state index is 0.0481. The topological polar surface area (TPSA) is 84.2 Å². The van der Waals surface area contributed by atoms with Gasteiger partial charge in [0.2, 0.25) is 5.91 Å². The zero-order valence-electron chi connectivity index (χ0n) is 10.3. The van der Waals surface area contributed by atoms with Gasteiger partial charge in [0.05, 0.1) is 0 Å². The maximum absolute atomic E-state index is 11.4. The molecule has 1 fully saturated rings. The lowest BCUT2D eigenvalue weighted by Crippen LogP contribution is -2.41. The van der Waals surface area contributed by atoms with Gasteiger partial charge in [0.25, 0.3) is 0 Å². The molecule has 0 aliphatic carbocycles. The molecule has 1 unspecified atom stereocenters. The first-order valence-corrected chi connectivity index (χ1v) is 6.00. The van der Waals surface area contributed by atoms with Crippen molar-refractivity contribution < 1.29 is 9.59 Å². The van der Waals surface area contributed by atoms with E-state index in [2.05, 4.69) is 10.6 Å². The Morgan fingerprint density at radius 1 is 1.50 bits per heavy atom. The molecule has 1 saturated heterocycles. The number of nitrogen functional groups attached to an aromatic ring is 1. The number of amides is 1. The molecule has 4 N–H and O–H groups in total. The summed E-state index contributed by atoms with van der Waals surface area (Å²) in [5.74, 6) is 0.0443. The zero-order valence-corrected chi connectivity index (χ0v) is 10.3. The molecule has 1 heterocycles. The third-order valence-electron chi connectivity index (χ3n) is 3.07. The number of carbonyl (C=O) groups excluding carboxylic acids is 2. The van der Waals surface area contributed by atoms with E-state index in [4.69, 9.17) is 5.73 Å². The number of rotatable bonds is 3. The minimum Gasteiger partial charge on any atom is -0.398 e. The second-order valence-corrected chi connectivity index (χ2v) is 4.54. The predicted octanol–water partition coefficient (Wildman–Crippen LogP) is 1.16. The van der Waals surface area contributed by atoms with Crippen LogP contribution >= 0.6 is 0 Å². The summed E-state index contributed by atoms with van der Waals surface area (Å²) >= 11 is 0. The number of nitrogens with two attached hydrogens (primary N) is 1. The maximum atomic E-state index is 11.4. The highest BCUT2D eigenvalue weighted by Gasteiger charge is 2.17. The second kappa shape index (κ2) is 5.08. The Hall–Kier alpha value is -2.04. The van der Waals surface area contributed by atoms with Gasteiger partial charge in [-0.1, -0.05) is 0 Å². The van der Waals surface area contributed by atoms with Crippen LogP contribution in [0.15, 0.2) is 18.2 Å². The molecular formula is C13H17N3O2. The summed E-state index contributed by atoms with van der Waals surface area (Å²) in [5.41, 5.74) is 7.61. The Morgan fingerprint density at radius 3 is 2.89 bits per heavy atom. The van der Waals surface area contributed by atoms with Gasteiger partial charge in [-0.25, -0.2) is 0 Å². The number of ketones is 1. The molecule has 5 nitrogen and oxygen atoms in total. The lowest BCUT2D eigenvalue weighted by molar-refractivity contribution is -0.122. The van der Waals surface area contributed by atoms with Crippen LogP contribution in [0, 0.1) is 0 Å². The Morgan fingerprint density at radius 2 is 2.28 bits per heavy atom. The number of hydrogen-bond acceptors (Lipinski definition) is 4. The lowest BCUT2D eigenvalue weighted by Gasteiger charge is -2.24. The highest BCUT2D eigenvalue weighted by molar-refractivity contribution is 6.00. The van der Waals surface area contributed by atoms with Gasteiger partial charge in [0.1, 0.15) is 0 Å². The number of nitrogens with one attached hydrogen (secondary N) is 2. The monoisotopic (exact) mass is 247 g/mol. The largest absolute Gasteiger partial charge is 0.398 e. The molecule has 96 valence electrons. The number of benzene rings is 1. The van der Waals surface area contributed by atoms with Crippen LogP contribution in [-0.2, 0) is 4.79 Å². The summed E-state index contributed by atoms with van der Waals surface area (Å²) in [5, 5.41) is 6.11. The third-order valence-corrected chi connectivity index (χ3v) is 3.07. The van der Waals surface area contributed by atoms with Crippen molar-refractivity contribution in [1.82, 2.24) is 5.32 Å². The molecule has 1 aromatic carbocycles. The van der Waals surface area contributed by atoms with E-state index in [1.54, 1.807) is 12.1 Å². The quantitative estimate of drug-likeness (QED) is 0.553. The molecule has 1 aliphatic rings. The Bertz CT molecular complexity index is 475. The van der Waals surface area contributed by atoms with Gasteiger partial charge in [-0.15, -0.1) is 0 Å². The number of piperidine rings is 1. The van der Waals surface area contributed by atoms with Crippen LogP contribution in [0.4, 0.5) is 11.4 Å². The fourth-order valence-corrected chi connectivity index (χ4v) is 2.04. The third kappa shape index (κ3) is 2.80. The van der Waals surface area contributed by atoms with Crippen LogP contribution < -0.4 is 16.4 Å². The number of Topliss-reactive ketones (excluding diaryl/α,β-unsaturated/α-hetero) is 1. The van der Waals surface area contributed by atoms with E-state index in [-0.39, 0.29) is 17.7 Å². The molecule has 0 radical (unpaired) electrons. The average molecular weight is 247 g/mol. The van der Waals surface area contributed by atoms with Gasteiger partial charge in [-0.05, 0) is 31.5 Å². The van der Waals surface area contributed by atoms with Gasteiger partial charge in [-0.3, -0.25) is 9.59 Å². The first-order chi connectivity index (χ1) is 8.56. The van der Waals surface area contributed by atoms with E-state index in [1.165, 1.54) is 6.92 Å². The van der Waals surface area contributed by atoms with Gasteiger partial charge >= 0.3 is 0 Å². The summed E-state index contributed by atoms with van der Waals surface area (Å²) in [6.45, 7) is 2.11. The van der Waals surface area contributed by atoms with E-state index >= 15 is 0 Å². The van der Waals surface area contributed by atoms with Crippen LogP contribution in [0.1, 0.15) is 30.1 Å². The van der Waals surface area contributed by atoms with Crippen molar-refractivity contribution in [2.75, 3.05) is 17.6 Å². The Balaban J connectivity index is 2.07. The predicted molar refractivity (Wildman–Crippen MR) is 70.5 cm³/mol. The van der Waals surface area contributed by atoms with E-state index < -0.39 is 0 Å². The molecule has 1 atom stereocenters. The van der Waals surface area contributed by atoms with E-state index in [9.17, 15) is 9.59 Å². The fraction of sp³-hybridized carbons (Fsp3) is 0.385. The Kier molecular flexibility index (Phi) is 3.50. The van der Waals surface area contributed by atoms with Crippen molar-refractivity contribution in [3.63, 3.8) is 0 Å². The van der Waals surface area contributed by atoms with Crippen molar-refractivity contribution in [2.45, 2.75) is 25.8 Å². The summed E-state index contributed by atoms with van der Waals surface area (Å²) in [7, 11) is 0. The lowest BCUT2D eigenvalue weighted by atomic mass is 10.1. The van der Waals surface area contributed by atoms with Crippen LogP contribution in [-0.4, -0.2) is 24.3 Å². The standard InChI is InChI=1S/C13H17N3O2/c1-8(17)11-6-9(2-4-12(11)14)16-10-3-5-13(18)15-7-10/h2,4,6,10,16H,3,5,7,14H2,1H3,(H,15,18). The van der Waals surface area contributed by atoms with Crippen molar-refractivity contribution >= 4 is 23.1 Å². The van der Waals surface area contributed by atoms with Crippen molar-refractivity contribution in [3.05, 3.63) is 23.8 Å². The molecule has 0 spiro atoms. The van der Waals surface area contributed by atoms with Crippen LogP contribution in [0.5, 0.6) is 0 Å². The van der Waals surface area contributed by atoms with Gasteiger partial charge in [-0.2, -0.15) is 0 Å². The first kappa shape index (κ1) is 12.4. The maximum Gasteiger partial charge on any atom is 0.220 e. The van der Waals surface area contributed by atoms with E-state index in [0.29, 0.717) is 24.2 Å². The second-order valence-electron chi connectivity index (χ2n) is 4.54. The highest BCUT2D eigenvalue weighted by atomic mass is 16.1. The fourth-order valence-electron chi connectivity index (χ4n) is 2.04. The smallest absolute Gasteiger partial charge is 0.220 e. The molecule has 5 heteroatoms. The minimum atomic E-state index is -0.0481. The van der Waals surface area contributed by atoms with Gasteiger partial charge in [0, 0.05) is 35.9 Å². The van der Waals surface area contributed by atoms with Crippen LogP contribution in [0.25, 0.3) is 0 Å². The SMILES string of the molecule is CC(=O)c1cc(NC2CCC(=O)NC2)ccc1N. The molecule has 1 amide bonds. The van der Waals surface area contributed by atoms with Crippen molar-refractivity contribution in [1.29, 1.82) is 0 Å². The molecular weight excluding hydrogens is 230 g/mol. The van der Waals surface area contributed by atoms with Crippen LogP contribution in [0.3, 0.4) is 0 Å². The van der Waals surface area contributed by atoms with E-state index in [1.807, 2.05) is 6.07 Å². The molecule has 1 aromatic rings. The van der Waals surface area contributed by atoms with Crippen molar-refractivity contribution in [3.8, 4) is 0 Å². The summed E-state index contributed by atoms with van der Waals surface area (Å²) in [6.07, 6.45) is 1.33. The molecule has 0 saturated carbocycles. The van der Waals surface area contributed by atoms with E-state index in [0.717, 1.165) is 12.1 Å². The molecule has 0 aromatic heterocycles.